The average molecular weight is 225 g/mol. The number of likely N-dealkylation sites (tertiary alicyclic amines) is 2. The average Bonchev–Trinajstić information content (AvgIpc) is 2.39. The lowest BCUT2D eigenvalue weighted by Gasteiger charge is -2.35. The van der Waals surface area contributed by atoms with Crippen molar-refractivity contribution < 1.29 is 10.0 Å². The van der Waals surface area contributed by atoms with Gasteiger partial charge in [-0.15, -0.1) is 0 Å². The highest BCUT2D eigenvalue weighted by Crippen LogP contribution is 2.14. The van der Waals surface area contributed by atoms with Crippen molar-refractivity contribution in [3.8, 4) is 0 Å². The van der Waals surface area contributed by atoms with Crippen molar-refractivity contribution in [3.63, 3.8) is 0 Å². The fourth-order valence-electron chi connectivity index (χ4n) is 2.34. The normalized spacial score (nSPS) is 22.1. The first-order chi connectivity index (χ1) is 7.81. The van der Waals surface area contributed by atoms with E-state index >= 15 is 0 Å². The van der Waals surface area contributed by atoms with E-state index in [1.807, 2.05) is 9.80 Å². The topological polar surface area (TPSA) is 56.1 Å². The van der Waals surface area contributed by atoms with E-state index in [0.717, 1.165) is 31.6 Å². The molecule has 5 nitrogen and oxygen atoms in total. The summed E-state index contributed by atoms with van der Waals surface area (Å²) in [5, 5.41) is 11.9. The minimum Gasteiger partial charge on any atom is -0.411 e. The molecule has 1 N–H and O–H groups in total. The second-order valence-electron chi connectivity index (χ2n) is 4.48. The SMILES string of the molecule is O=C(N1CCCCC1)N1CCC(=NO)CC1. The summed E-state index contributed by atoms with van der Waals surface area (Å²) in [7, 11) is 0. The first-order valence-electron chi connectivity index (χ1n) is 6.05. The van der Waals surface area contributed by atoms with Crippen LogP contribution in [-0.4, -0.2) is 52.9 Å². The van der Waals surface area contributed by atoms with Crippen LogP contribution in [0.25, 0.3) is 0 Å². The van der Waals surface area contributed by atoms with Gasteiger partial charge in [0.1, 0.15) is 0 Å². The van der Waals surface area contributed by atoms with Crippen LogP contribution in [0.3, 0.4) is 0 Å². The van der Waals surface area contributed by atoms with Gasteiger partial charge in [0.05, 0.1) is 5.71 Å². The molecule has 0 atom stereocenters. The maximum atomic E-state index is 12.1. The van der Waals surface area contributed by atoms with Gasteiger partial charge >= 0.3 is 6.03 Å². The van der Waals surface area contributed by atoms with E-state index in [-0.39, 0.29) is 6.03 Å². The summed E-state index contributed by atoms with van der Waals surface area (Å²) in [6.07, 6.45) is 4.91. The Morgan fingerprint density at radius 2 is 1.56 bits per heavy atom. The summed E-state index contributed by atoms with van der Waals surface area (Å²) in [6, 6.07) is 0.164. The number of carbonyl (C=O) groups excluding carboxylic acids is 1. The van der Waals surface area contributed by atoms with Crippen LogP contribution >= 0.6 is 0 Å². The van der Waals surface area contributed by atoms with E-state index in [4.69, 9.17) is 5.21 Å². The smallest absolute Gasteiger partial charge is 0.320 e. The van der Waals surface area contributed by atoms with Crippen LogP contribution in [0.5, 0.6) is 0 Å². The molecule has 16 heavy (non-hydrogen) atoms. The molecule has 2 saturated heterocycles. The molecule has 2 amide bonds. The fraction of sp³-hybridized carbons (Fsp3) is 0.818. The van der Waals surface area contributed by atoms with E-state index in [2.05, 4.69) is 5.16 Å². The van der Waals surface area contributed by atoms with E-state index in [9.17, 15) is 4.79 Å². The molecule has 2 aliphatic rings. The van der Waals surface area contributed by atoms with E-state index < -0.39 is 0 Å². The summed E-state index contributed by atoms with van der Waals surface area (Å²) >= 11 is 0. The number of carbonyl (C=O) groups is 1. The Balaban J connectivity index is 1.85. The standard InChI is InChI=1S/C11H19N3O2/c15-11(13-6-2-1-3-7-13)14-8-4-10(12-16)5-9-14/h16H,1-9H2. The molecule has 0 aliphatic carbocycles. The Morgan fingerprint density at radius 1 is 1.00 bits per heavy atom. The Morgan fingerprint density at radius 3 is 2.12 bits per heavy atom. The lowest BCUT2D eigenvalue weighted by atomic mass is 10.1. The molecule has 0 saturated carbocycles. The Hall–Kier alpha value is -1.26. The highest BCUT2D eigenvalue weighted by molar-refractivity contribution is 5.86. The molecule has 0 aromatic rings. The van der Waals surface area contributed by atoms with Gasteiger partial charge in [-0.3, -0.25) is 0 Å². The van der Waals surface area contributed by atoms with Crippen molar-refractivity contribution in [3.05, 3.63) is 0 Å². The molecule has 2 rings (SSSR count). The van der Waals surface area contributed by atoms with Crippen molar-refractivity contribution in [1.82, 2.24) is 9.80 Å². The van der Waals surface area contributed by atoms with Crippen molar-refractivity contribution in [2.24, 2.45) is 5.16 Å². The van der Waals surface area contributed by atoms with E-state index in [1.165, 1.54) is 6.42 Å². The summed E-state index contributed by atoms with van der Waals surface area (Å²) in [5.74, 6) is 0. The zero-order chi connectivity index (χ0) is 11.4. The summed E-state index contributed by atoms with van der Waals surface area (Å²) < 4.78 is 0. The van der Waals surface area contributed by atoms with Gasteiger partial charge in [-0.05, 0) is 19.3 Å². The van der Waals surface area contributed by atoms with Crippen LogP contribution in [0.2, 0.25) is 0 Å². The highest BCUT2D eigenvalue weighted by atomic mass is 16.4. The zero-order valence-electron chi connectivity index (χ0n) is 9.56. The van der Waals surface area contributed by atoms with Gasteiger partial charge in [-0.25, -0.2) is 4.79 Å². The van der Waals surface area contributed by atoms with Crippen molar-refractivity contribution >= 4 is 11.7 Å². The number of nitrogens with zero attached hydrogens (tertiary/aromatic N) is 3. The van der Waals surface area contributed by atoms with E-state index in [1.54, 1.807) is 0 Å². The third kappa shape index (κ3) is 2.46. The van der Waals surface area contributed by atoms with Crippen LogP contribution in [0.1, 0.15) is 32.1 Å². The van der Waals surface area contributed by atoms with Crippen molar-refractivity contribution in [1.29, 1.82) is 0 Å². The molecular formula is C11H19N3O2. The molecule has 0 bridgehead atoms. The van der Waals surface area contributed by atoms with Gasteiger partial charge in [-0.2, -0.15) is 0 Å². The first-order valence-corrected chi connectivity index (χ1v) is 6.05. The number of piperidine rings is 2. The molecule has 0 aromatic heterocycles. The van der Waals surface area contributed by atoms with E-state index in [0.29, 0.717) is 25.9 Å². The maximum Gasteiger partial charge on any atom is 0.320 e. The van der Waals surface area contributed by atoms with Crippen LogP contribution in [0, 0.1) is 0 Å². The number of urea groups is 1. The number of amides is 2. The van der Waals surface area contributed by atoms with Gasteiger partial charge in [0.15, 0.2) is 0 Å². The fourth-order valence-corrected chi connectivity index (χ4v) is 2.34. The predicted molar refractivity (Wildman–Crippen MR) is 60.8 cm³/mol. The van der Waals surface area contributed by atoms with Crippen LogP contribution in [0.4, 0.5) is 4.79 Å². The second kappa shape index (κ2) is 5.18. The quantitative estimate of drug-likeness (QED) is 0.502. The van der Waals surface area contributed by atoms with Gasteiger partial charge in [-0.1, -0.05) is 5.16 Å². The molecule has 0 radical (unpaired) electrons. The molecule has 5 heteroatoms. The monoisotopic (exact) mass is 225 g/mol. The van der Waals surface area contributed by atoms with Gasteiger partial charge in [0.2, 0.25) is 0 Å². The van der Waals surface area contributed by atoms with Crippen LogP contribution in [-0.2, 0) is 0 Å². The Labute approximate surface area is 95.7 Å². The minimum atomic E-state index is 0.164. The molecule has 2 heterocycles. The van der Waals surface area contributed by atoms with Gasteiger partial charge in [0, 0.05) is 39.0 Å². The number of oxime groups is 1. The summed E-state index contributed by atoms with van der Waals surface area (Å²) in [5.41, 5.74) is 0.808. The van der Waals surface area contributed by atoms with Gasteiger partial charge in [0.25, 0.3) is 0 Å². The largest absolute Gasteiger partial charge is 0.411 e. The molecule has 0 spiro atoms. The lowest BCUT2D eigenvalue weighted by molar-refractivity contribution is 0.143. The molecule has 0 unspecified atom stereocenters. The molecule has 90 valence electrons. The predicted octanol–water partition coefficient (Wildman–Crippen LogP) is 1.52. The Kier molecular flexibility index (Phi) is 3.64. The van der Waals surface area contributed by atoms with Crippen molar-refractivity contribution in [2.45, 2.75) is 32.1 Å². The summed E-state index contributed by atoms with van der Waals surface area (Å²) in [6.45, 7) is 3.18. The van der Waals surface area contributed by atoms with Crippen LogP contribution in [0.15, 0.2) is 5.16 Å². The number of hydrogen-bond acceptors (Lipinski definition) is 3. The second-order valence-corrected chi connectivity index (χ2v) is 4.48. The molecule has 0 aromatic carbocycles. The zero-order valence-corrected chi connectivity index (χ0v) is 9.56. The van der Waals surface area contributed by atoms with Crippen LogP contribution < -0.4 is 0 Å². The maximum absolute atomic E-state index is 12.1. The Bertz CT molecular complexity index is 275. The summed E-state index contributed by atoms with van der Waals surface area (Å²) in [4.78, 5) is 15.9. The highest BCUT2D eigenvalue weighted by Gasteiger charge is 2.25. The van der Waals surface area contributed by atoms with Crippen molar-refractivity contribution in [2.75, 3.05) is 26.2 Å². The minimum absolute atomic E-state index is 0.164. The lowest BCUT2D eigenvalue weighted by Crippen LogP contribution is -2.48. The molecule has 2 aliphatic heterocycles. The third-order valence-electron chi connectivity index (χ3n) is 3.38. The first kappa shape index (κ1) is 11.2. The number of hydrogen-bond donors (Lipinski definition) is 1. The molecule has 2 fully saturated rings. The van der Waals surface area contributed by atoms with Gasteiger partial charge < -0.3 is 15.0 Å². The molecular weight excluding hydrogens is 206 g/mol. The third-order valence-corrected chi connectivity index (χ3v) is 3.38. The number of rotatable bonds is 0.